The Balaban J connectivity index is 2.02. The van der Waals surface area contributed by atoms with Crippen LogP contribution < -0.4 is 0 Å². The molecule has 1 aromatic heterocycles. The van der Waals surface area contributed by atoms with Gasteiger partial charge in [0.1, 0.15) is 5.82 Å². The molecule has 2 rings (SSSR count). The Morgan fingerprint density at radius 3 is 3.06 bits per heavy atom. The number of aliphatic hydroxyl groups excluding tert-OH is 1. The molecule has 0 atom stereocenters. The van der Waals surface area contributed by atoms with Crippen LogP contribution in [0.3, 0.4) is 0 Å². The van der Waals surface area contributed by atoms with Crippen molar-refractivity contribution in [1.82, 2.24) is 9.55 Å². The third kappa shape index (κ3) is 3.11. The fourth-order valence-corrected chi connectivity index (χ4v) is 2.60. The molecule has 3 nitrogen and oxygen atoms in total. The van der Waals surface area contributed by atoms with Gasteiger partial charge in [0.05, 0.1) is 12.4 Å². The van der Waals surface area contributed by atoms with Crippen LogP contribution in [0.15, 0.2) is 41.6 Å². The van der Waals surface area contributed by atoms with Crippen molar-refractivity contribution in [2.24, 2.45) is 0 Å². The Morgan fingerprint density at radius 2 is 2.29 bits per heavy atom. The van der Waals surface area contributed by atoms with E-state index in [9.17, 15) is 0 Å². The summed E-state index contributed by atoms with van der Waals surface area (Å²) in [6.45, 7) is 3.16. The van der Waals surface area contributed by atoms with E-state index in [0.29, 0.717) is 0 Å². The van der Waals surface area contributed by atoms with Crippen molar-refractivity contribution in [2.75, 3.05) is 0 Å². The molecule has 0 aliphatic rings. The third-order valence-electron chi connectivity index (χ3n) is 2.59. The van der Waals surface area contributed by atoms with Crippen LogP contribution in [0, 0.1) is 0 Å². The maximum atomic E-state index is 9.07. The molecule has 90 valence electrons. The van der Waals surface area contributed by atoms with Crippen molar-refractivity contribution in [1.29, 1.82) is 0 Å². The maximum Gasteiger partial charge on any atom is 0.119 e. The molecule has 0 amide bonds. The summed E-state index contributed by atoms with van der Waals surface area (Å²) in [4.78, 5) is 5.51. The molecule has 0 radical (unpaired) electrons. The zero-order valence-corrected chi connectivity index (χ0v) is 10.7. The highest BCUT2D eigenvalue weighted by Gasteiger charge is 2.02. The highest BCUT2D eigenvalue weighted by molar-refractivity contribution is 7.98. The lowest BCUT2D eigenvalue weighted by Gasteiger charge is -2.05. The molecule has 1 N–H and O–H groups in total. The number of imidazole rings is 1. The van der Waals surface area contributed by atoms with Gasteiger partial charge >= 0.3 is 0 Å². The topological polar surface area (TPSA) is 38.0 Å². The molecule has 4 heteroatoms. The molecular formula is C13H16N2OS. The summed E-state index contributed by atoms with van der Waals surface area (Å²) in [7, 11) is 0. The predicted molar refractivity (Wildman–Crippen MR) is 69.8 cm³/mol. The van der Waals surface area contributed by atoms with Gasteiger partial charge in [-0.25, -0.2) is 4.98 Å². The van der Waals surface area contributed by atoms with Gasteiger partial charge in [0.25, 0.3) is 0 Å². The number of aliphatic hydroxyl groups is 1. The van der Waals surface area contributed by atoms with Gasteiger partial charge in [0.15, 0.2) is 0 Å². The monoisotopic (exact) mass is 248 g/mol. The van der Waals surface area contributed by atoms with E-state index < -0.39 is 0 Å². The van der Waals surface area contributed by atoms with Gasteiger partial charge in [-0.15, -0.1) is 11.8 Å². The lowest BCUT2D eigenvalue weighted by atomic mass is 10.2. The number of thioether (sulfide) groups is 1. The first kappa shape index (κ1) is 12.2. The van der Waals surface area contributed by atoms with Crippen LogP contribution in [0.2, 0.25) is 0 Å². The van der Waals surface area contributed by atoms with E-state index in [0.717, 1.165) is 23.7 Å². The largest absolute Gasteiger partial charge is 0.392 e. The quantitative estimate of drug-likeness (QED) is 0.827. The SMILES string of the molecule is CCn1ccnc1CSc1cccc(CO)c1. The van der Waals surface area contributed by atoms with Crippen molar-refractivity contribution in [3.63, 3.8) is 0 Å². The number of aromatic nitrogens is 2. The molecule has 0 bridgehead atoms. The van der Waals surface area contributed by atoms with Gasteiger partial charge in [-0.05, 0) is 24.6 Å². The first-order chi connectivity index (χ1) is 8.33. The van der Waals surface area contributed by atoms with E-state index in [1.54, 1.807) is 11.8 Å². The molecular weight excluding hydrogens is 232 g/mol. The van der Waals surface area contributed by atoms with E-state index in [-0.39, 0.29) is 6.61 Å². The Labute approximate surface area is 106 Å². The van der Waals surface area contributed by atoms with Crippen molar-refractivity contribution in [3.05, 3.63) is 48.0 Å². The average molecular weight is 248 g/mol. The second-order valence-electron chi connectivity index (χ2n) is 3.72. The van der Waals surface area contributed by atoms with Crippen LogP contribution in [0.25, 0.3) is 0 Å². The Bertz CT molecular complexity index is 482. The Kier molecular flexibility index (Phi) is 4.23. The van der Waals surface area contributed by atoms with Gasteiger partial charge in [0.2, 0.25) is 0 Å². The number of aryl methyl sites for hydroxylation is 1. The number of nitrogens with zero attached hydrogens (tertiary/aromatic N) is 2. The van der Waals surface area contributed by atoms with Crippen molar-refractivity contribution >= 4 is 11.8 Å². The summed E-state index contributed by atoms with van der Waals surface area (Å²) >= 11 is 1.74. The molecule has 0 spiro atoms. The van der Waals surface area contributed by atoms with Crippen molar-refractivity contribution in [3.8, 4) is 0 Å². The molecule has 1 aromatic carbocycles. The number of hydrogen-bond donors (Lipinski definition) is 1. The average Bonchev–Trinajstić information content (AvgIpc) is 2.84. The van der Waals surface area contributed by atoms with Gasteiger partial charge in [0, 0.05) is 23.8 Å². The van der Waals surface area contributed by atoms with Gasteiger partial charge < -0.3 is 9.67 Å². The minimum absolute atomic E-state index is 0.0952. The highest BCUT2D eigenvalue weighted by Crippen LogP contribution is 2.23. The molecule has 0 unspecified atom stereocenters. The van der Waals surface area contributed by atoms with Crippen LogP contribution in [-0.2, 0) is 18.9 Å². The Morgan fingerprint density at radius 1 is 1.41 bits per heavy atom. The maximum absolute atomic E-state index is 9.07. The summed E-state index contributed by atoms with van der Waals surface area (Å²) in [5.74, 6) is 1.95. The van der Waals surface area contributed by atoms with Crippen LogP contribution in [-0.4, -0.2) is 14.7 Å². The predicted octanol–water partition coefficient (Wildman–Crippen LogP) is 2.69. The molecule has 0 aliphatic carbocycles. The van der Waals surface area contributed by atoms with Gasteiger partial charge in [-0.1, -0.05) is 12.1 Å². The summed E-state index contributed by atoms with van der Waals surface area (Å²) in [5, 5.41) is 9.07. The lowest BCUT2D eigenvalue weighted by Crippen LogP contribution is -1.98. The van der Waals surface area contributed by atoms with Crippen LogP contribution in [0.5, 0.6) is 0 Å². The van der Waals surface area contributed by atoms with E-state index in [2.05, 4.69) is 22.5 Å². The lowest BCUT2D eigenvalue weighted by molar-refractivity contribution is 0.281. The second-order valence-corrected chi connectivity index (χ2v) is 4.77. The third-order valence-corrected chi connectivity index (χ3v) is 3.58. The summed E-state index contributed by atoms with van der Waals surface area (Å²) in [6.07, 6.45) is 3.84. The minimum atomic E-state index is 0.0952. The normalized spacial score (nSPS) is 10.7. The second kappa shape index (κ2) is 5.89. The summed E-state index contributed by atoms with van der Waals surface area (Å²) in [5.41, 5.74) is 0.953. The van der Waals surface area contributed by atoms with Gasteiger partial charge in [-0.2, -0.15) is 0 Å². The number of rotatable bonds is 5. The molecule has 2 aromatic rings. The minimum Gasteiger partial charge on any atom is -0.392 e. The highest BCUT2D eigenvalue weighted by atomic mass is 32.2. The first-order valence-corrected chi connectivity index (χ1v) is 6.64. The van der Waals surface area contributed by atoms with Crippen LogP contribution in [0.4, 0.5) is 0 Å². The van der Waals surface area contributed by atoms with Gasteiger partial charge in [-0.3, -0.25) is 0 Å². The van der Waals surface area contributed by atoms with E-state index >= 15 is 0 Å². The van der Waals surface area contributed by atoms with E-state index in [1.807, 2.05) is 30.6 Å². The molecule has 0 saturated heterocycles. The van der Waals surface area contributed by atoms with Crippen LogP contribution in [0.1, 0.15) is 18.3 Å². The number of benzene rings is 1. The smallest absolute Gasteiger partial charge is 0.119 e. The zero-order chi connectivity index (χ0) is 12.1. The zero-order valence-electron chi connectivity index (χ0n) is 9.84. The molecule has 0 saturated carbocycles. The Hall–Kier alpha value is -1.26. The molecule has 0 fully saturated rings. The van der Waals surface area contributed by atoms with Crippen molar-refractivity contribution in [2.45, 2.75) is 30.7 Å². The fourth-order valence-electron chi connectivity index (χ4n) is 1.65. The summed E-state index contributed by atoms with van der Waals surface area (Å²) in [6, 6.07) is 7.98. The molecule has 0 aliphatic heterocycles. The number of hydrogen-bond acceptors (Lipinski definition) is 3. The van der Waals surface area contributed by atoms with Crippen molar-refractivity contribution < 1.29 is 5.11 Å². The summed E-state index contributed by atoms with van der Waals surface area (Å²) < 4.78 is 2.14. The first-order valence-electron chi connectivity index (χ1n) is 5.66. The molecule has 17 heavy (non-hydrogen) atoms. The van der Waals surface area contributed by atoms with E-state index in [4.69, 9.17) is 5.11 Å². The molecule has 1 heterocycles. The standard InChI is InChI=1S/C13H16N2OS/c1-2-15-7-6-14-13(15)10-17-12-5-3-4-11(8-12)9-16/h3-8,16H,2,9-10H2,1H3. The fraction of sp³-hybridized carbons (Fsp3) is 0.308. The van der Waals surface area contributed by atoms with Crippen LogP contribution >= 0.6 is 11.8 Å². The van der Waals surface area contributed by atoms with E-state index in [1.165, 1.54) is 4.90 Å².